The lowest BCUT2D eigenvalue weighted by Gasteiger charge is -2.37. The molecule has 3 rings (SSSR count). The Kier molecular flexibility index (Phi) is 7.96. The molecule has 1 atom stereocenters. The van der Waals surface area contributed by atoms with Crippen LogP contribution in [0.15, 0.2) is 24.3 Å². The minimum atomic E-state index is 0. The van der Waals surface area contributed by atoms with Crippen LogP contribution in [0.3, 0.4) is 0 Å². The largest absolute Gasteiger partial charge is 0.399 e. The van der Waals surface area contributed by atoms with Gasteiger partial charge in [-0.25, -0.2) is 0 Å². The molecule has 1 aromatic carbocycles. The Hall–Kier alpha value is -1.75. The van der Waals surface area contributed by atoms with Crippen molar-refractivity contribution in [3.63, 3.8) is 0 Å². The molecule has 6 heteroatoms. The molecular weight excluding hydrogens is 362 g/mol. The molecule has 2 N–H and O–H groups in total. The Bertz CT molecular complexity index is 644. The van der Waals surface area contributed by atoms with Crippen molar-refractivity contribution in [1.82, 2.24) is 9.80 Å². The monoisotopic (exact) mass is 393 g/mol. The molecule has 0 saturated carbocycles. The van der Waals surface area contributed by atoms with E-state index in [0.29, 0.717) is 37.8 Å². The SMILES string of the molecule is CC1CCCN(C(=O)C2CCN(C(=O)CCc3ccccc3N)CC2)C1.Cl. The number of halogens is 1. The number of para-hydroxylation sites is 1. The summed E-state index contributed by atoms with van der Waals surface area (Å²) in [6.45, 7) is 5.42. The zero-order valence-corrected chi connectivity index (χ0v) is 17.0. The minimum absolute atomic E-state index is 0. The molecule has 0 aliphatic carbocycles. The quantitative estimate of drug-likeness (QED) is 0.799. The second-order valence-electron chi connectivity index (χ2n) is 7.89. The number of piperidine rings is 2. The van der Waals surface area contributed by atoms with E-state index in [1.165, 1.54) is 6.42 Å². The van der Waals surface area contributed by atoms with Crippen LogP contribution >= 0.6 is 12.4 Å². The van der Waals surface area contributed by atoms with E-state index in [9.17, 15) is 9.59 Å². The van der Waals surface area contributed by atoms with Gasteiger partial charge in [-0.05, 0) is 49.7 Å². The van der Waals surface area contributed by atoms with E-state index in [4.69, 9.17) is 5.73 Å². The number of amides is 2. The summed E-state index contributed by atoms with van der Waals surface area (Å²) >= 11 is 0. The van der Waals surface area contributed by atoms with E-state index in [1.54, 1.807) is 0 Å². The molecule has 2 aliphatic rings. The second kappa shape index (κ2) is 9.98. The van der Waals surface area contributed by atoms with E-state index in [0.717, 1.165) is 43.6 Å². The zero-order valence-electron chi connectivity index (χ0n) is 16.2. The van der Waals surface area contributed by atoms with Crippen molar-refractivity contribution in [1.29, 1.82) is 0 Å². The highest BCUT2D eigenvalue weighted by molar-refractivity contribution is 5.85. The van der Waals surface area contributed by atoms with Gasteiger partial charge in [0.2, 0.25) is 11.8 Å². The topological polar surface area (TPSA) is 66.6 Å². The number of carbonyl (C=O) groups excluding carboxylic acids is 2. The summed E-state index contributed by atoms with van der Waals surface area (Å²) in [6, 6.07) is 7.71. The Morgan fingerprint density at radius 3 is 2.44 bits per heavy atom. The highest BCUT2D eigenvalue weighted by Gasteiger charge is 2.31. The summed E-state index contributed by atoms with van der Waals surface area (Å²) in [5.41, 5.74) is 7.73. The first-order chi connectivity index (χ1) is 12.5. The molecule has 0 bridgehead atoms. The van der Waals surface area contributed by atoms with E-state index >= 15 is 0 Å². The molecule has 0 radical (unpaired) electrons. The van der Waals surface area contributed by atoms with Gasteiger partial charge in [0.05, 0.1) is 0 Å². The molecule has 2 heterocycles. The number of likely N-dealkylation sites (tertiary alicyclic amines) is 2. The van der Waals surface area contributed by atoms with Crippen molar-refractivity contribution in [2.24, 2.45) is 11.8 Å². The lowest BCUT2D eigenvalue weighted by atomic mass is 9.92. The smallest absolute Gasteiger partial charge is 0.225 e. The van der Waals surface area contributed by atoms with Gasteiger partial charge >= 0.3 is 0 Å². The van der Waals surface area contributed by atoms with Crippen LogP contribution < -0.4 is 5.73 Å². The first-order valence-electron chi connectivity index (χ1n) is 9.94. The first kappa shape index (κ1) is 21.5. The van der Waals surface area contributed by atoms with Crippen LogP contribution in [0.1, 0.15) is 44.6 Å². The van der Waals surface area contributed by atoms with Crippen LogP contribution in [0.5, 0.6) is 0 Å². The second-order valence-corrected chi connectivity index (χ2v) is 7.89. The third kappa shape index (κ3) is 5.61. The van der Waals surface area contributed by atoms with Crippen LogP contribution in [0.2, 0.25) is 0 Å². The maximum Gasteiger partial charge on any atom is 0.225 e. The lowest BCUT2D eigenvalue weighted by molar-refractivity contribution is -0.142. The number of hydrogen-bond acceptors (Lipinski definition) is 3. The van der Waals surface area contributed by atoms with Gasteiger partial charge < -0.3 is 15.5 Å². The molecule has 0 aromatic heterocycles. The van der Waals surface area contributed by atoms with E-state index in [-0.39, 0.29) is 24.2 Å². The summed E-state index contributed by atoms with van der Waals surface area (Å²) < 4.78 is 0. The van der Waals surface area contributed by atoms with Crippen molar-refractivity contribution in [2.45, 2.75) is 45.4 Å². The van der Waals surface area contributed by atoms with Crippen LogP contribution in [-0.4, -0.2) is 47.8 Å². The normalized spacial score (nSPS) is 20.9. The van der Waals surface area contributed by atoms with Crippen LogP contribution in [0, 0.1) is 11.8 Å². The number of nitrogens with two attached hydrogens (primary N) is 1. The zero-order chi connectivity index (χ0) is 18.5. The number of benzene rings is 1. The summed E-state index contributed by atoms with van der Waals surface area (Å²) in [6.07, 6.45) is 5.09. The fraction of sp³-hybridized carbons (Fsp3) is 0.619. The van der Waals surface area contributed by atoms with E-state index < -0.39 is 0 Å². The van der Waals surface area contributed by atoms with Crippen LogP contribution in [0.4, 0.5) is 5.69 Å². The third-order valence-electron chi connectivity index (χ3n) is 5.83. The van der Waals surface area contributed by atoms with E-state index in [1.807, 2.05) is 29.2 Å². The summed E-state index contributed by atoms with van der Waals surface area (Å²) in [5.74, 6) is 1.18. The Balaban J connectivity index is 0.00000261. The predicted molar refractivity (Wildman–Crippen MR) is 111 cm³/mol. The van der Waals surface area contributed by atoms with E-state index in [2.05, 4.69) is 11.8 Å². The number of nitrogen functional groups attached to an aromatic ring is 1. The van der Waals surface area contributed by atoms with Gasteiger partial charge in [0.15, 0.2) is 0 Å². The molecule has 27 heavy (non-hydrogen) atoms. The average molecular weight is 394 g/mol. The van der Waals surface area contributed by atoms with Crippen molar-refractivity contribution in [3.8, 4) is 0 Å². The Labute approximate surface area is 168 Å². The molecule has 2 aliphatic heterocycles. The maximum atomic E-state index is 12.7. The van der Waals surface area contributed by atoms with Gasteiger partial charge in [-0.3, -0.25) is 9.59 Å². The minimum Gasteiger partial charge on any atom is -0.399 e. The number of anilines is 1. The number of carbonyl (C=O) groups is 2. The fourth-order valence-corrected chi connectivity index (χ4v) is 4.19. The fourth-order valence-electron chi connectivity index (χ4n) is 4.19. The number of nitrogens with zero attached hydrogens (tertiary/aromatic N) is 2. The molecular formula is C21H32ClN3O2. The predicted octanol–water partition coefficient (Wildman–Crippen LogP) is 3.12. The number of hydrogen-bond donors (Lipinski definition) is 1. The summed E-state index contributed by atoms with van der Waals surface area (Å²) in [4.78, 5) is 29.2. The molecule has 1 aromatic rings. The van der Waals surface area contributed by atoms with Gasteiger partial charge in [0.1, 0.15) is 0 Å². The highest BCUT2D eigenvalue weighted by atomic mass is 35.5. The first-order valence-corrected chi connectivity index (χ1v) is 9.94. The highest BCUT2D eigenvalue weighted by Crippen LogP contribution is 2.24. The van der Waals surface area contributed by atoms with Crippen molar-refractivity contribution in [3.05, 3.63) is 29.8 Å². The van der Waals surface area contributed by atoms with Crippen molar-refractivity contribution < 1.29 is 9.59 Å². The molecule has 1 unspecified atom stereocenters. The molecule has 0 spiro atoms. The van der Waals surface area contributed by atoms with Gasteiger partial charge in [-0.1, -0.05) is 25.1 Å². The third-order valence-corrected chi connectivity index (χ3v) is 5.83. The molecule has 150 valence electrons. The Morgan fingerprint density at radius 2 is 1.78 bits per heavy atom. The average Bonchev–Trinajstić information content (AvgIpc) is 2.66. The maximum absolute atomic E-state index is 12.7. The summed E-state index contributed by atoms with van der Waals surface area (Å²) in [7, 11) is 0. The molecule has 5 nitrogen and oxygen atoms in total. The Morgan fingerprint density at radius 1 is 1.07 bits per heavy atom. The molecule has 2 amide bonds. The van der Waals surface area contributed by atoms with Gasteiger partial charge in [-0.2, -0.15) is 0 Å². The molecule has 2 saturated heterocycles. The van der Waals surface area contributed by atoms with Crippen LogP contribution in [0.25, 0.3) is 0 Å². The van der Waals surface area contributed by atoms with Gasteiger partial charge in [0.25, 0.3) is 0 Å². The van der Waals surface area contributed by atoms with Gasteiger partial charge in [-0.15, -0.1) is 12.4 Å². The summed E-state index contributed by atoms with van der Waals surface area (Å²) in [5, 5.41) is 0. The van der Waals surface area contributed by atoms with Crippen LogP contribution in [-0.2, 0) is 16.0 Å². The number of rotatable bonds is 4. The number of aryl methyl sites for hydroxylation is 1. The lowest BCUT2D eigenvalue weighted by Crippen LogP contribution is -2.47. The van der Waals surface area contributed by atoms with Crippen molar-refractivity contribution in [2.75, 3.05) is 31.9 Å². The van der Waals surface area contributed by atoms with Crippen molar-refractivity contribution >= 4 is 29.9 Å². The standard InChI is InChI=1S/C21H31N3O2.ClH/c1-16-5-4-12-24(15-16)21(26)18-10-13-23(14-11-18)20(25)9-8-17-6-2-3-7-19(17)22;/h2-3,6-7,16,18H,4-5,8-15,22H2,1H3;1H. The van der Waals surface area contributed by atoms with Gasteiger partial charge in [0, 0.05) is 44.2 Å². The molecule has 2 fully saturated rings.